The molecular weight excluding hydrogens is 426 g/mol. The molecule has 0 aliphatic carbocycles. The molecule has 0 radical (unpaired) electrons. The fourth-order valence-corrected chi connectivity index (χ4v) is 4.03. The number of ether oxygens (including phenoxy) is 1. The van der Waals surface area contributed by atoms with Crippen molar-refractivity contribution < 1.29 is 19.1 Å². The first-order valence-corrected chi connectivity index (χ1v) is 9.51. The smallest absolute Gasteiger partial charge is 0.355 e. The molecule has 7 nitrogen and oxygen atoms in total. The van der Waals surface area contributed by atoms with Crippen LogP contribution in [0.5, 0.6) is 0 Å². The van der Waals surface area contributed by atoms with Crippen LogP contribution >= 0.6 is 15.9 Å². The number of carbonyl (C=O) groups is 3. The zero-order chi connectivity index (χ0) is 19.9. The molecule has 0 aromatic heterocycles. The van der Waals surface area contributed by atoms with Crippen molar-refractivity contribution in [2.75, 3.05) is 11.5 Å². The molecule has 0 saturated carbocycles. The van der Waals surface area contributed by atoms with Gasteiger partial charge in [0.15, 0.2) is 11.3 Å². The van der Waals surface area contributed by atoms with Crippen molar-refractivity contribution in [3.63, 3.8) is 0 Å². The lowest BCUT2D eigenvalue weighted by Gasteiger charge is -2.26. The van der Waals surface area contributed by atoms with Gasteiger partial charge in [0.05, 0.1) is 12.3 Å². The largest absolute Gasteiger partial charge is 0.461 e. The topological polar surface area (TPSA) is 88.1 Å². The van der Waals surface area contributed by atoms with Crippen LogP contribution in [0.2, 0.25) is 0 Å². The van der Waals surface area contributed by atoms with E-state index in [1.165, 1.54) is 0 Å². The Hall–Kier alpha value is -3.00. The lowest BCUT2D eigenvalue weighted by molar-refractivity contribution is -0.136. The average molecular weight is 442 g/mol. The lowest BCUT2D eigenvalue weighted by Crippen LogP contribution is -2.48. The van der Waals surface area contributed by atoms with Crippen LogP contribution in [0, 0.1) is 5.92 Å². The van der Waals surface area contributed by atoms with Crippen LogP contribution in [0.15, 0.2) is 64.2 Å². The van der Waals surface area contributed by atoms with Crippen LogP contribution in [0.3, 0.4) is 0 Å². The fraction of sp³-hybridized carbons (Fsp3) is 0.200. The summed E-state index contributed by atoms with van der Waals surface area (Å²) < 4.78 is 5.78. The molecule has 4 rings (SSSR count). The zero-order valence-electron chi connectivity index (χ0n) is 14.9. The van der Waals surface area contributed by atoms with Gasteiger partial charge in [0.1, 0.15) is 5.92 Å². The molecule has 2 aromatic rings. The van der Waals surface area contributed by atoms with E-state index in [4.69, 9.17) is 4.74 Å². The third-order valence-electron chi connectivity index (χ3n) is 4.85. The number of anilines is 1. The molecule has 1 N–H and O–H groups in total. The molecule has 1 saturated heterocycles. The van der Waals surface area contributed by atoms with E-state index in [1.54, 1.807) is 55.5 Å². The van der Waals surface area contributed by atoms with Crippen LogP contribution in [0.25, 0.3) is 0 Å². The molecule has 2 amide bonds. The maximum atomic E-state index is 13.6. The Labute approximate surface area is 169 Å². The molecule has 2 heterocycles. The minimum absolute atomic E-state index is 0.0958. The number of rotatable bonds is 4. The lowest BCUT2D eigenvalue weighted by atomic mass is 9.79. The maximum absolute atomic E-state index is 13.6. The highest BCUT2D eigenvalue weighted by molar-refractivity contribution is 9.10. The second-order valence-corrected chi connectivity index (χ2v) is 7.31. The summed E-state index contributed by atoms with van der Waals surface area (Å²) in [5.41, 5.74) is 2.19. The van der Waals surface area contributed by atoms with Crippen LogP contribution in [0.1, 0.15) is 12.5 Å². The number of fused-ring (bicyclic) bond motifs is 1. The molecule has 2 aliphatic heterocycles. The first-order valence-electron chi connectivity index (χ1n) is 8.72. The molecular formula is C20H16BrN3O4. The van der Waals surface area contributed by atoms with Gasteiger partial charge >= 0.3 is 5.97 Å². The van der Waals surface area contributed by atoms with Crippen molar-refractivity contribution in [2.45, 2.75) is 12.5 Å². The number of imide groups is 1. The van der Waals surface area contributed by atoms with E-state index in [-0.39, 0.29) is 12.3 Å². The van der Waals surface area contributed by atoms with Gasteiger partial charge in [0.25, 0.3) is 5.91 Å². The van der Waals surface area contributed by atoms with Crippen molar-refractivity contribution in [3.8, 4) is 0 Å². The molecule has 0 unspecified atom stereocenters. The normalized spacial score (nSPS) is 23.3. The highest BCUT2D eigenvalue weighted by Gasteiger charge is 2.67. The summed E-state index contributed by atoms with van der Waals surface area (Å²) in [6.45, 7) is 1.81. The van der Waals surface area contributed by atoms with Gasteiger partial charge in [0.2, 0.25) is 5.91 Å². The summed E-state index contributed by atoms with van der Waals surface area (Å²) in [7, 11) is 0. The standard InChI is InChI=1S/C20H16BrN3O4/c1-2-28-18(26)16-15-17(25)24(14-10-6-9-13(21)11-14)19(27)20(15,23-22-16)12-7-4-3-5-8-12/h3-11,15,23H,2H2,1H3/t15-,20-/m0/s1. The Balaban J connectivity index is 1.87. The molecule has 28 heavy (non-hydrogen) atoms. The summed E-state index contributed by atoms with van der Waals surface area (Å²) >= 11 is 3.36. The number of hydrogen-bond donors (Lipinski definition) is 1. The van der Waals surface area contributed by atoms with Gasteiger partial charge in [-0.15, -0.1) is 0 Å². The highest BCUT2D eigenvalue weighted by atomic mass is 79.9. The van der Waals surface area contributed by atoms with Crippen molar-refractivity contribution in [1.82, 2.24) is 5.43 Å². The van der Waals surface area contributed by atoms with Gasteiger partial charge in [-0.3, -0.25) is 15.0 Å². The summed E-state index contributed by atoms with van der Waals surface area (Å²) in [6, 6.07) is 15.7. The number of hydrazone groups is 1. The van der Waals surface area contributed by atoms with Crippen molar-refractivity contribution in [3.05, 3.63) is 64.6 Å². The monoisotopic (exact) mass is 441 g/mol. The fourth-order valence-electron chi connectivity index (χ4n) is 3.65. The van der Waals surface area contributed by atoms with Gasteiger partial charge in [-0.05, 0) is 30.7 Å². The van der Waals surface area contributed by atoms with E-state index < -0.39 is 29.2 Å². The van der Waals surface area contributed by atoms with Crippen LogP contribution < -0.4 is 10.3 Å². The summed E-state index contributed by atoms with van der Waals surface area (Å²) in [4.78, 5) is 40.5. The molecule has 8 heteroatoms. The molecule has 2 aromatic carbocycles. The molecule has 1 fully saturated rings. The predicted octanol–water partition coefficient (Wildman–Crippen LogP) is 2.36. The van der Waals surface area contributed by atoms with E-state index in [0.29, 0.717) is 11.3 Å². The van der Waals surface area contributed by atoms with E-state index in [1.807, 2.05) is 6.07 Å². The van der Waals surface area contributed by atoms with Gasteiger partial charge in [-0.1, -0.05) is 52.3 Å². The first kappa shape index (κ1) is 18.4. The zero-order valence-corrected chi connectivity index (χ0v) is 16.5. The molecule has 2 aliphatic rings. The van der Waals surface area contributed by atoms with E-state index in [2.05, 4.69) is 26.5 Å². The third-order valence-corrected chi connectivity index (χ3v) is 5.34. The van der Waals surface area contributed by atoms with E-state index in [9.17, 15) is 14.4 Å². The summed E-state index contributed by atoms with van der Waals surface area (Å²) in [6.07, 6.45) is 0. The average Bonchev–Trinajstić information content (AvgIpc) is 3.19. The SMILES string of the molecule is CCOC(=O)C1=NN[C@]2(c3ccccc3)C(=O)N(c3cccc(Br)c3)C(=O)[C@H]12. The summed E-state index contributed by atoms with van der Waals surface area (Å²) in [5.74, 6) is -2.84. The van der Waals surface area contributed by atoms with Crippen molar-refractivity contribution >= 4 is 45.1 Å². The molecule has 142 valence electrons. The Bertz CT molecular complexity index is 1010. The minimum Gasteiger partial charge on any atom is -0.461 e. The van der Waals surface area contributed by atoms with Gasteiger partial charge in [-0.2, -0.15) is 5.10 Å². The number of halogens is 1. The van der Waals surface area contributed by atoms with Crippen LogP contribution in [0.4, 0.5) is 5.69 Å². The van der Waals surface area contributed by atoms with E-state index >= 15 is 0 Å². The van der Waals surface area contributed by atoms with Crippen LogP contribution in [-0.2, 0) is 24.7 Å². The number of hydrogen-bond acceptors (Lipinski definition) is 6. The highest BCUT2D eigenvalue weighted by Crippen LogP contribution is 2.45. The first-order chi connectivity index (χ1) is 13.5. The number of esters is 1. The van der Waals surface area contributed by atoms with Crippen molar-refractivity contribution in [1.29, 1.82) is 0 Å². The predicted molar refractivity (Wildman–Crippen MR) is 105 cm³/mol. The Morgan fingerprint density at radius 2 is 1.96 bits per heavy atom. The second kappa shape index (κ2) is 6.87. The maximum Gasteiger partial charge on any atom is 0.355 e. The molecule has 2 atom stereocenters. The third kappa shape index (κ3) is 2.56. The number of benzene rings is 2. The number of carbonyl (C=O) groups excluding carboxylic acids is 3. The Kier molecular flexibility index (Phi) is 4.50. The number of amides is 2. The molecule has 0 bridgehead atoms. The number of nitrogens with zero attached hydrogens (tertiary/aromatic N) is 2. The van der Waals surface area contributed by atoms with Gasteiger partial charge < -0.3 is 4.74 Å². The second-order valence-electron chi connectivity index (χ2n) is 6.40. The van der Waals surface area contributed by atoms with Crippen molar-refractivity contribution in [2.24, 2.45) is 11.0 Å². The van der Waals surface area contributed by atoms with Gasteiger partial charge in [0, 0.05) is 4.47 Å². The Morgan fingerprint density at radius 1 is 1.21 bits per heavy atom. The quantitative estimate of drug-likeness (QED) is 0.581. The molecule has 0 spiro atoms. The van der Waals surface area contributed by atoms with Crippen LogP contribution in [-0.4, -0.2) is 30.1 Å². The number of nitrogens with one attached hydrogen (secondary N) is 1. The van der Waals surface area contributed by atoms with E-state index in [0.717, 1.165) is 9.37 Å². The Morgan fingerprint density at radius 3 is 2.64 bits per heavy atom. The minimum atomic E-state index is -1.48. The van der Waals surface area contributed by atoms with Gasteiger partial charge in [-0.25, -0.2) is 9.69 Å². The summed E-state index contributed by atoms with van der Waals surface area (Å²) in [5, 5.41) is 4.05.